The van der Waals surface area contributed by atoms with Crippen LogP contribution in [0.5, 0.6) is 0 Å². The van der Waals surface area contributed by atoms with Gasteiger partial charge in [0.1, 0.15) is 11.6 Å². The number of para-hydroxylation sites is 1. The van der Waals surface area contributed by atoms with Crippen molar-refractivity contribution in [3.8, 4) is 0 Å². The van der Waals surface area contributed by atoms with Crippen LogP contribution in [0.3, 0.4) is 0 Å². The van der Waals surface area contributed by atoms with E-state index in [1.54, 1.807) is 6.07 Å². The third kappa shape index (κ3) is 1.91. The van der Waals surface area contributed by atoms with Crippen LogP contribution in [0.2, 0.25) is 0 Å². The smallest absolute Gasteiger partial charge is 0.337 e. The van der Waals surface area contributed by atoms with E-state index in [-0.39, 0.29) is 11.3 Å². The molecule has 2 aromatic rings. The molecule has 3 nitrogen and oxygen atoms in total. The molecule has 2 aromatic carbocycles. The Kier molecular flexibility index (Phi) is 2.89. The number of nitrogens with zero attached hydrogens (tertiary/aromatic N) is 1. The Morgan fingerprint density at radius 1 is 1.20 bits per heavy atom. The van der Waals surface area contributed by atoms with Gasteiger partial charge in [0.2, 0.25) is 0 Å². The van der Waals surface area contributed by atoms with E-state index in [1.165, 1.54) is 35.2 Å². The molecule has 0 aromatic heterocycles. The molecule has 1 aliphatic rings. The van der Waals surface area contributed by atoms with Gasteiger partial charge in [-0.25, -0.2) is 13.6 Å². The van der Waals surface area contributed by atoms with E-state index in [9.17, 15) is 18.7 Å². The van der Waals surface area contributed by atoms with Gasteiger partial charge in [-0.05, 0) is 36.2 Å². The number of carbonyl (C=O) groups is 1. The molecule has 0 saturated heterocycles. The van der Waals surface area contributed by atoms with Gasteiger partial charge in [0.25, 0.3) is 0 Å². The molecule has 3 rings (SSSR count). The zero-order valence-electron chi connectivity index (χ0n) is 10.4. The van der Waals surface area contributed by atoms with E-state index in [2.05, 4.69) is 0 Å². The summed E-state index contributed by atoms with van der Waals surface area (Å²) in [5.74, 6) is -2.25. The Labute approximate surface area is 114 Å². The van der Waals surface area contributed by atoms with E-state index in [4.69, 9.17) is 0 Å². The zero-order valence-corrected chi connectivity index (χ0v) is 10.4. The minimum atomic E-state index is -1.20. The van der Waals surface area contributed by atoms with Crippen molar-refractivity contribution in [2.45, 2.75) is 6.42 Å². The highest BCUT2D eigenvalue weighted by atomic mass is 19.1. The topological polar surface area (TPSA) is 40.5 Å². The van der Waals surface area contributed by atoms with Gasteiger partial charge < -0.3 is 10.0 Å². The first-order chi connectivity index (χ1) is 9.58. The average Bonchev–Trinajstić information content (AvgIpc) is 2.81. The van der Waals surface area contributed by atoms with Gasteiger partial charge in [0.15, 0.2) is 0 Å². The first kappa shape index (κ1) is 12.6. The van der Waals surface area contributed by atoms with E-state index < -0.39 is 17.6 Å². The van der Waals surface area contributed by atoms with Crippen LogP contribution in [-0.4, -0.2) is 17.6 Å². The predicted octanol–water partition coefficient (Wildman–Crippen LogP) is 3.36. The fourth-order valence-electron chi connectivity index (χ4n) is 2.55. The summed E-state index contributed by atoms with van der Waals surface area (Å²) in [5.41, 5.74) is 1.27. The van der Waals surface area contributed by atoms with Crippen LogP contribution >= 0.6 is 0 Å². The number of carboxylic acids is 1. The molecule has 0 saturated carbocycles. The van der Waals surface area contributed by atoms with Crippen molar-refractivity contribution in [1.29, 1.82) is 0 Å². The molecule has 0 atom stereocenters. The van der Waals surface area contributed by atoms with Crippen LogP contribution < -0.4 is 4.90 Å². The van der Waals surface area contributed by atoms with Crippen molar-refractivity contribution >= 4 is 17.3 Å². The number of halogens is 2. The summed E-state index contributed by atoms with van der Waals surface area (Å²) in [6.45, 7) is 0.431. The van der Waals surface area contributed by atoms with Crippen molar-refractivity contribution in [2.75, 3.05) is 11.4 Å². The molecule has 0 aliphatic carbocycles. The molecule has 0 unspecified atom stereocenters. The molecule has 1 aliphatic heterocycles. The third-order valence-corrected chi connectivity index (χ3v) is 3.43. The second-order valence-corrected chi connectivity index (χ2v) is 4.62. The molecule has 0 amide bonds. The number of carboxylic acid groups (broad SMARTS) is 1. The number of hydrogen-bond acceptors (Lipinski definition) is 2. The fourth-order valence-corrected chi connectivity index (χ4v) is 2.55. The first-order valence-corrected chi connectivity index (χ1v) is 6.15. The van der Waals surface area contributed by atoms with E-state index in [1.807, 2.05) is 0 Å². The molecule has 0 fully saturated rings. The summed E-state index contributed by atoms with van der Waals surface area (Å²) < 4.78 is 27.4. The Hall–Kier alpha value is -2.43. The van der Waals surface area contributed by atoms with E-state index in [0.717, 1.165) is 5.56 Å². The standard InChI is InChI=1S/C15H11F2NO2/c16-10-5-4-9-6-7-18(13(9)8-10)14-11(15(19)20)2-1-3-12(14)17/h1-5,8H,6-7H2,(H,19,20). The monoisotopic (exact) mass is 275 g/mol. The Morgan fingerprint density at radius 3 is 2.75 bits per heavy atom. The maximum Gasteiger partial charge on any atom is 0.337 e. The largest absolute Gasteiger partial charge is 0.478 e. The molecule has 5 heteroatoms. The Bertz CT molecular complexity index is 700. The molecule has 20 heavy (non-hydrogen) atoms. The molecule has 0 spiro atoms. The van der Waals surface area contributed by atoms with Crippen LogP contribution in [0.25, 0.3) is 0 Å². The van der Waals surface area contributed by atoms with Gasteiger partial charge in [-0.15, -0.1) is 0 Å². The summed E-state index contributed by atoms with van der Waals surface area (Å²) >= 11 is 0. The Balaban J connectivity index is 2.18. The van der Waals surface area contributed by atoms with Gasteiger partial charge in [0, 0.05) is 12.2 Å². The Morgan fingerprint density at radius 2 is 2.00 bits per heavy atom. The molecule has 0 bridgehead atoms. The van der Waals surface area contributed by atoms with E-state index in [0.29, 0.717) is 18.7 Å². The van der Waals surface area contributed by atoms with Crippen molar-refractivity contribution in [1.82, 2.24) is 0 Å². The average molecular weight is 275 g/mol. The summed E-state index contributed by atoms with van der Waals surface area (Å²) in [5, 5.41) is 9.19. The molecule has 1 heterocycles. The summed E-state index contributed by atoms with van der Waals surface area (Å²) in [4.78, 5) is 12.8. The number of rotatable bonds is 2. The van der Waals surface area contributed by atoms with Gasteiger partial charge in [-0.3, -0.25) is 0 Å². The third-order valence-electron chi connectivity index (χ3n) is 3.43. The van der Waals surface area contributed by atoms with Crippen molar-refractivity contribution < 1.29 is 18.7 Å². The lowest BCUT2D eigenvalue weighted by atomic mass is 10.1. The second-order valence-electron chi connectivity index (χ2n) is 4.62. The lowest BCUT2D eigenvalue weighted by molar-refractivity contribution is 0.0697. The van der Waals surface area contributed by atoms with Crippen molar-refractivity contribution in [3.05, 3.63) is 59.2 Å². The summed E-state index contributed by atoms with van der Waals surface area (Å²) in [6.07, 6.45) is 0.628. The number of benzene rings is 2. The van der Waals surface area contributed by atoms with Crippen molar-refractivity contribution in [3.63, 3.8) is 0 Å². The normalized spacial score (nSPS) is 13.4. The van der Waals surface area contributed by atoms with Crippen LogP contribution in [0.4, 0.5) is 20.2 Å². The van der Waals surface area contributed by atoms with Gasteiger partial charge in [0.05, 0.1) is 11.3 Å². The van der Waals surface area contributed by atoms with Gasteiger partial charge >= 0.3 is 5.97 Å². The highest BCUT2D eigenvalue weighted by molar-refractivity contribution is 5.96. The highest BCUT2D eigenvalue weighted by Crippen LogP contribution is 2.38. The number of anilines is 2. The summed E-state index contributed by atoms with van der Waals surface area (Å²) in [6, 6.07) is 8.20. The van der Waals surface area contributed by atoms with Crippen LogP contribution in [0.15, 0.2) is 36.4 Å². The predicted molar refractivity (Wildman–Crippen MR) is 70.5 cm³/mol. The fraction of sp³-hybridized carbons (Fsp3) is 0.133. The maximum absolute atomic E-state index is 14.1. The number of aromatic carboxylic acids is 1. The quantitative estimate of drug-likeness (QED) is 0.913. The van der Waals surface area contributed by atoms with Gasteiger partial charge in [-0.1, -0.05) is 12.1 Å². The van der Waals surface area contributed by atoms with Crippen molar-refractivity contribution in [2.24, 2.45) is 0 Å². The number of hydrogen-bond donors (Lipinski definition) is 1. The lowest BCUT2D eigenvalue weighted by Gasteiger charge is -2.22. The highest BCUT2D eigenvalue weighted by Gasteiger charge is 2.27. The minimum Gasteiger partial charge on any atom is -0.478 e. The molecular weight excluding hydrogens is 264 g/mol. The molecular formula is C15H11F2NO2. The number of fused-ring (bicyclic) bond motifs is 1. The zero-order chi connectivity index (χ0) is 14.3. The molecule has 1 N–H and O–H groups in total. The SMILES string of the molecule is O=C(O)c1cccc(F)c1N1CCc2ccc(F)cc21. The van der Waals surface area contributed by atoms with Gasteiger partial charge in [-0.2, -0.15) is 0 Å². The second kappa shape index (κ2) is 4.59. The van der Waals surface area contributed by atoms with Crippen LogP contribution in [-0.2, 0) is 6.42 Å². The molecule has 0 radical (unpaired) electrons. The minimum absolute atomic E-state index is 0.00986. The summed E-state index contributed by atoms with van der Waals surface area (Å²) in [7, 11) is 0. The lowest BCUT2D eigenvalue weighted by Crippen LogP contribution is -2.18. The maximum atomic E-state index is 14.1. The van der Waals surface area contributed by atoms with E-state index >= 15 is 0 Å². The molecule has 102 valence electrons. The van der Waals surface area contributed by atoms with Crippen LogP contribution in [0, 0.1) is 11.6 Å². The first-order valence-electron chi connectivity index (χ1n) is 6.15. The van der Waals surface area contributed by atoms with Crippen LogP contribution in [0.1, 0.15) is 15.9 Å².